The molecule has 8 heteroatoms. The highest BCUT2D eigenvalue weighted by molar-refractivity contribution is 9.10. The van der Waals surface area contributed by atoms with Gasteiger partial charge in [0.15, 0.2) is 10.1 Å². The maximum atomic E-state index is 12.1. The van der Waals surface area contributed by atoms with Crippen LogP contribution in [-0.4, -0.2) is 27.6 Å². The van der Waals surface area contributed by atoms with Crippen molar-refractivity contribution in [3.63, 3.8) is 0 Å². The number of amides is 1. The Kier molecular flexibility index (Phi) is 5.95. The van der Waals surface area contributed by atoms with Crippen molar-refractivity contribution in [1.29, 1.82) is 0 Å². The van der Waals surface area contributed by atoms with E-state index in [1.165, 1.54) is 23.1 Å². The van der Waals surface area contributed by atoms with Crippen LogP contribution in [0.5, 0.6) is 0 Å². The topological polar surface area (TPSA) is 72.0 Å². The number of carbonyl (C=O) groups is 2. The van der Waals surface area contributed by atoms with Gasteiger partial charge in [0.2, 0.25) is 5.13 Å². The average Bonchev–Trinajstić information content (AvgIpc) is 3.08. The maximum Gasteiger partial charge on any atom is 0.257 e. The Morgan fingerprint density at radius 2 is 1.72 bits per heavy atom. The molecule has 0 saturated heterocycles. The monoisotopic (exact) mass is 433 g/mol. The first kappa shape index (κ1) is 17.8. The average molecular weight is 434 g/mol. The standard InChI is InChI=1S/C17H12BrN3O2S2/c18-13-8-6-11(7-9-13)14(22)10-24-17-21-20-16(25-17)19-15(23)12-4-2-1-3-5-12/h1-9H,10H2,(H,19,20,23). The van der Waals surface area contributed by atoms with Crippen LogP contribution >= 0.6 is 39.0 Å². The third-order valence-corrected chi connectivity index (χ3v) is 5.66. The number of thioether (sulfide) groups is 1. The van der Waals surface area contributed by atoms with Gasteiger partial charge in [0.05, 0.1) is 5.75 Å². The van der Waals surface area contributed by atoms with E-state index in [4.69, 9.17) is 0 Å². The van der Waals surface area contributed by atoms with Gasteiger partial charge in [-0.05, 0) is 24.3 Å². The van der Waals surface area contributed by atoms with E-state index in [9.17, 15) is 9.59 Å². The van der Waals surface area contributed by atoms with Crippen molar-refractivity contribution in [3.8, 4) is 0 Å². The SMILES string of the molecule is O=C(CSc1nnc(NC(=O)c2ccccc2)s1)c1ccc(Br)cc1. The Bertz CT molecular complexity index is 882. The van der Waals surface area contributed by atoms with Gasteiger partial charge in [0.25, 0.3) is 5.91 Å². The second-order valence-electron chi connectivity index (χ2n) is 4.91. The third-order valence-electron chi connectivity index (χ3n) is 3.16. The lowest BCUT2D eigenvalue weighted by atomic mass is 10.2. The number of benzene rings is 2. The summed E-state index contributed by atoms with van der Waals surface area (Å²) in [4.78, 5) is 24.2. The summed E-state index contributed by atoms with van der Waals surface area (Å²) < 4.78 is 1.56. The van der Waals surface area contributed by atoms with Crippen LogP contribution in [0.15, 0.2) is 63.4 Å². The Morgan fingerprint density at radius 1 is 1.00 bits per heavy atom. The highest BCUT2D eigenvalue weighted by atomic mass is 79.9. The van der Waals surface area contributed by atoms with Crippen LogP contribution in [0.25, 0.3) is 0 Å². The summed E-state index contributed by atoms with van der Waals surface area (Å²) in [5.74, 6) is 0.0462. The molecule has 2 aromatic carbocycles. The third kappa shape index (κ3) is 4.97. The lowest BCUT2D eigenvalue weighted by Crippen LogP contribution is -2.11. The van der Waals surface area contributed by atoms with Crippen molar-refractivity contribution < 1.29 is 9.59 Å². The lowest BCUT2D eigenvalue weighted by molar-refractivity contribution is 0.101. The van der Waals surface area contributed by atoms with Crippen LogP contribution < -0.4 is 5.32 Å². The molecule has 5 nitrogen and oxygen atoms in total. The van der Waals surface area contributed by atoms with Gasteiger partial charge in [-0.1, -0.05) is 69.4 Å². The summed E-state index contributed by atoms with van der Waals surface area (Å²) in [5, 5.41) is 11.1. The molecular formula is C17H12BrN3O2S2. The Hall–Kier alpha value is -2.03. The van der Waals surface area contributed by atoms with E-state index in [0.717, 1.165) is 4.47 Å². The minimum Gasteiger partial charge on any atom is -0.296 e. The van der Waals surface area contributed by atoms with Crippen LogP contribution in [0.4, 0.5) is 5.13 Å². The highest BCUT2D eigenvalue weighted by Gasteiger charge is 2.12. The molecule has 0 unspecified atom stereocenters. The maximum absolute atomic E-state index is 12.1. The van der Waals surface area contributed by atoms with Crippen molar-refractivity contribution in [1.82, 2.24) is 10.2 Å². The first-order valence-corrected chi connectivity index (χ1v) is 9.83. The minimum absolute atomic E-state index is 0.0163. The van der Waals surface area contributed by atoms with Crippen LogP contribution in [0.2, 0.25) is 0 Å². The molecule has 0 aliphatic heterocycles. The van der Waals surface area contributed by atoms with Gasteiger partial charge in [-0.3, -0.25) is 14.9 Å². The zero-order chi connectivity index (χ0) is 17.6. The summed E-state index contributed by atoms with van der Waals surface area (Å²) in [6, 6.07) is 16.1. The summed E-state index contributed by atoms with van der Waals surface area (Å²) in [6.07, 6.45) is 0. The molecular weight excluding hydrogens is 422 g/mol. The first-order valence-electron chi connectivity index (χ1n) is 7.23. The normalized spacial score (nSPS) is 10.4. The van der Waals surface area contributed by atoms with Crippen molar-refractivity contribution in [2.24, 2.45) is 0 Å². The number of rotatable bonds is 6. The van der Waals surface area contributed by atoms with Crippen LogP contribution in [0.1, 0.15) is 20.7 Å². The molecule has 0 saturated carbocycles. The van der Waals surface area contributed by atoms with Gasteiger partial charge < -0.3 is 0 Å². The smallest absolute Gasteiger partial charge is 0.257 e. The van der Waals surface area contributed by atoms with Gasteiger partial charge >= 0.3 is 0 Å². The molecule has 0 atom stereocenters. The van der Waals surface area contributed by atoms with Crippen LogP contribution in [0.3, 0.4) is 0 Å². The number of ketones is 1. The molecule has 0 aliphatic rings. The summed E-state index contributed by atoms with van der Waals surface area (Å²) in [7, 11) is 0. The molecule has 0 spiro atoms. The van der Waals surface area contributed by atoms with Crippen molar-refractivity contribution in [2.45, 2.75) is 4.34 Å². The molecule has 0 aliphatic carbocycles. The molecule has 126 valence electrons. The second-order valence-corrected chi connectivity index (χ2v) is 8.03. The van der Waals surface area contributed by atoms with E-state index in [2.05, 4.69) is 31.4 Å². The number of nitrogens with one attached hydrogen (secondary N) is 1. The number of hydrogen-bond donors (Lipinski definition) is 1. The zero-order valence-corrected chi connectivity index (χ0v) is 16.0. The quantitative estimate of drug-likeness (QED) is 0.351. The predicted molar refractivity (Wildman–Crippen MR) is 104 cm³/mol. The van der Waals surface area contributed by atoms with Gasteiger partial charge in [-0.2, -0.15) is 0 Å². The Labute approximate surface area is 161 Å². The van der Waals surface area contributed by atoms with E-state index < -0.39 is 0 Å². The van der Waals surface area contributed by atoms with Gasteiger partial charge in [-0.25, -0.2) is 0 Å². The van der Waals surface area contributed by atoms with Gasteiger partial charge in [0.1, 0.15) is 0 Å². The van der Waals surface area contributed by atoms with Crippen LogP contribution in [-0.2, 0) is 0 Å². The molecule has 1 amide bonds. The molecule has 1 N–H and O–H groups in total. The van der Waals surface area contributed by atoms with Crippen molar-refractivity contribution in [3.05, 3.63) is 70.2 Å². The summed E-state index contributed by atoms with van der Waals surface area (Å²) >= 11 is 5.89. The number of aromatic nitrogens is 2. The highest BCUT2D eigenvalue weighted by Crippen LogP contribution is 2.26. The fourth-order valence-corrected chi connectivity index (χ4v) is 3.83. The van der Waals surface area contributed by atoms with E-state index in [1.807, 2.05) is 18.2 Å². The number of carbonyl (C=O) groups excluding carboxylic acids is 2. The first-order chi connectivity index (χ1) is 12.1. The number of anilines is 1. The van der Waals surface area contributed by atoms with Crippen LogP contribution in [0, 0.1) is 0 Å². The molecule has 1 aromatic heterocycles. The Morgan fingerprint density at radius 3 is 2.44 bits per heavy atom. The lowest BCUT2D eigenvalue weighted by Gasteiger charge is -2.00. The van der Waals surface area contributed by atoms with Crippen molar-refractivity contribution >= 4 is 55.9 Å². The zero-order valence-electron chi connectivity index (χ0n) is 12.8. The molecule has 3 rings (SSSR count). The number of hydrogen-bond acceptors (Lipinski definition) is 6. The molecule has 3 aromatic rings. The van der Waals surface area contributed by atoms with E-state index in [0.29, 0.717) is 20.6 Å². The number of nitrogens with zero attached hydrogens (tertiary/aromatic N) is 2. The molecule has 1 heterocycles. The number of Topliss-reactive ketones (excluding diaryl/α,β-unsaturated/α-hetero) is 1. The fourth-order valence-electron chi connectivity index (χ4n) is 1.92. The van der Waals surface area contributed by atoms with E-state index >= 15 is 0 Å². The van der Waals surface area contributed by atoms with Crippen molar-refractivity contribution in [2.75, 3.05) is 11.1 Å². The van der Waals surface area contributed by atoms with Gasteiger partial charge in [-0.15, -0.1) is 10.2 Å². The summed E-state index contributed by atoms with van der Waals surface area (Å²) in [5.41, 5.74) is 1.20. The largest absolute Gasteiger partial charge is 0.296 e. The second kappa shape index (κ2) is 8.37. The molecule has 25 heavy (non-hydrogen) atoms. The van der Waals surface area contributed by atoms with Gasteiger partial charge in [0, 0.05) is 15.6 Å². The fraction of sp³-hybridized carbons (Fsp3) is 0.0588. The van der Waals surface area contributed by atoms with E-state index in [-0.39, 0.29) is 17.4 Å². The van der Waals surface area contributed by atoms with E-state index in [1.54, 1.807) is 36.4 Å². The molecule has 0 bridgehead atoms. The summed E-state index contributed by atoms with van der Waals surface area (Å²) in [6.45, 7) is 0. The molecule has 0 radical (unpaired) electrons. The Balaban J connectivity index is 1.56. The number of halogens is 1. The predicted octanol–water partition coefficient (Wildman–Crippen LogP) is 4.53. The molecule has 0 fully saturated rings. The minimum atomic E-state index is -0.237.